The Hall–Kier alpha value is -0.570. The van der Waals surface area contributed by atoms with Crippen LogP contribution in [0.4, 0.5) is 0 Å². The van der Waals surface area contributed by atoms with Gasteiger partial charge in [0.25, 0.3) is 0 Å². The predicted molar refractivity (Wildman–Crippen MR) is 42.7 cm³/mol. The van der Waals surface area contributed by atoms with Crippen LogP contribution in [0.15, 0.2) is 0 Å². The molecule has 0 unspecified atom stereocenters. The Morgan fingerprint density at radius 3 is 3.17 bits per heavy atom. The number of carbonyl (C=O) groups is 1. The molecule has 2 aliphatic rings. The molecule has 68 valence electrons. The molecule has 1 aliphatic carbocycles. The van der Waals surface area contributed by atoms with Gasteiger partial charge in [0.05, 0.1) is 12.7 Å². The first-order valence-electron chi connectivity index (χ1n) is 4.64. The van der Waals surface area contributed by atoms with Gasteiger partial charge < -0.3 is 9.47 Å². The fraction of sp³-hybridized carbons (Fsp3) is 0.889. The Labute approximate surface area is 72.0 Å². The Balaban J connectivity index is 1.98. The molecule has 12 heavy (non-hydrogen) atoms. The van der Waals surface area contributed by atoms with Crippen molar-refractivity contribution in [3.63, 3.8) is 0 Å². The van der Waals surface area contributed by atoms with Gasteiger partial charge in [0.2, 0.25) is 0 Å². The molecule has 2 fully saturated rings. The van der Waals surface area contributed by atoms with Crippen LogP contribution in [-0.2, 0) is 14.3 Å². The summed E-state index contributed by atoms with van der Waals surface area (Å²) in [7, 11) is 0. The molecule has 2 rings (SSSR count). The van der Waals surface area contributed by atoms with Crippen LogP contribution in [0.3, 0.4) is 0 Å². The van der Waals surface area contributed by atoms with Crippen LogP contribution in [0.2, 0.25) is 0 Å². The lowest BCUT2D eigenvalue weighted by molar-refractivity contribution is -0.150. The van der Waals surface area contributed by atoms with Gasteiger partial charge in [-0.05, 0) is 26.2 Å². The lowest BCUT2D eigenvalue weighted by Gasteiger charge is -2.14. The highest BCUT2D eigenvalue weighted by Gasteiger charge is 2.64. The molecule has 0 spiro atoms. The average molecular weight is 170 g/mol. The molecule has 1 saturated heterocycles. The zero-order chi connectivity index (χ0) is 8.60. The molecule has 0 amide bonds. The summed E-state index contributed by atoms with van der Waals surface area (Å²) in [6.07, 6.45) is 4.33. The van der Waals surface area contributed by atoms with E-state index < -0.39 is 5.60 Å². The first kappa shape index (κ1) is 8.05. The van der Waals surface area contributed by atoms with Crippen molar-refractivity contribution in [1.82, 2.24) is 0 Å². The van der Waals surface area contributed by atoms with Crippen molar-refractivity contribution in [3.05, 3.63) is 0 Å². The van der Waals surface area contributed by atoms with E-state index in [9.17, 15) is 4.79 Å². The largest absolute Gasteiger partial charge is 0.464 e. The molecule has 3 heteroatoms. The monoisotopic (exact) mass is 170 g/mol. The summed E-state index contributed by atoms with van der Waals surface area (Å²) >= 11 is 0. The van der Waals surface area contributed by atoms with E-state index >= 15 is 0 Å². The van der Waals surface area contributed by atoms with Gasteiger partial charge in [0.15, 0.2) is 5.60 Å². The SMILES string of the molecule is CCOC(=O)[C@]12CCCC[C@H]1O2. The van der Waals surface area contributed by atoms with E-state index in [1.54, 1.807) is 0 Å². The van der Waals surface area contributed by atoms with Gasteiger partial charge in [-0.2, -0.15) is 0 Å². The lowest BCUT2D eigenvalue weighted by Crippen LogP contribution is -2.31. The Morgan fingerprint density at radius 2 is 2.50 bits per heavy atom. The minimum atomic E-state index is -0.506. The quantitative estimate of drug-likeness (QED) is 0.462. The maximum Gasteiger partial charge on any atom is 0.341 e. The van der Waals surface area contributed by atoms with Crippen LogP contribution in [0, 0.1) is 0 Å². The molecule has 2 atom stereocenters. The number of rotatable bonds is 2. The van der Waals surface area contributed by atoms with E-state index in [-0.39, 0.29) is 12.1 Å². The highest BCUT2D eigenvalue weighted by molar-refractivity contribution is 5.83. The van der Waals surface area contributed by atoms with Crippen molar-refractivity contribution in [2.75, 3.05) is 6.61 Å². The van der Waals surface area contributed by atoms with Crippen molar-refractivity contribution in [2.45, 2.75) is 44.3 Å². The highest BCUT2D eigenvalue weighted by atomic mass is 16.7. The normalized spacial score (nSPS) is 38.6. The molecule has 0 bridgehead atoms. The Kier molecular flexibility index (Phi) is 1.83. The standard InChI is InChI=1S/C9H14O3/c1-2-11-8(10)9-6-4-3-5-7(9)12-9/h7H,2-6H2,1H3/t7-,9+/m1/s1. The summed E-state index contributed by atoms with van der Waals surface area (Å²) in [6.45, 7) is 2.28. The second kappa shape index (κ2) is 2.73. The summed E-state index contributed by atoms with van der Waals surface area (Å²) in [5.41, 5.74) is -0.506. The summed E-state index contributed by atoms with van der Waals surface area (Å²) in [4.78, 5) is 11.4. The zero-order valence-electron chi connectivity index (χ0n) is 7.34. The van der Waals surface area contributed by atoms with Gasteiger partial charge in [-0.3, -0.25) is 0 Å². The van der Waals surface area contributed by atoms with Crippen molar-refractivity contribution in [3.8, 4) is 0 Å². The number of esters is 1. The van der Waals surface area contributed by atoms with E-state index in [1.807, 2.05) is 6.92 Å². The van der Waals surface area contributed by atoms with Crippen LogP contribution in [-0.4, -0.2) is 24.3 Å². The third kappa shape index (κ3) is 1.04. The predicted octanol–water partition coefficient (Wildman–Crippen LogP) is 1.26. The van der Waals surface area contributed by atoms with E-state index in [4.69, 9.17) is 9.47 Å². The van der Waals surface area contributed by atoms with Gasteiger partial charge in [-0.15, -0.1) is 0 Å². The number of hydrogen-bond donors (Lipinski definition) is 0. The Bertz CT molecular complexity index is 202. The summed E-state index contributed by atoms with van der Waals surface area (Å²) in [5.74, 6) is -0.144. The average Bonchev–Trinajstić information content (AvgIpc) is 2.79. The van der Waals surface area contributed by atoms with Crippen LogP contribution in [0.5, 0.6) is 0 Å². The number of carbonyl (C=O) groups excluding carboxylic acids is 1. The summed E-state index contributed by atoms with van der Waals surface area (Å²) < 4.78 is 10.4. The van der Waals surface area contributed by atoms with E-state index in [0.717, 1.165) is 19.3 Å². The van der Waals surface area contributed by atoms with E-state index in [1.165, 1.54) is 6.42 Å². The third-order valence-corrected chi connectivity index (χ3v) is 2.70. The molecule has 0 N–H and O–H groups in total. The van der Waals surface area contributed by atoms with E-state index in [0.29, 0.717) is 6.61 Å². The molecule has 0 aromatic rings. The molecule has 0 radical (unpaired) electrons. The molecule has 1 heterocycles. The topological polar surface area (TPSA) is 38.8 Å². The molecule has 0 aromatic heterocycles. The number of fused-ring (bicyclic) bond motifs is 1. The molecule has 1 saturated carbocycles. The maximum absolute atomic E-state index is 11.4. The second-order valence-corrected chi connectivity index (χ2v) is 3.46. The van der Waals surface area contributed by atoms with Gasteiger partial charge >= 0.3 is 5.97 Å². The molecule has 1 aliphatic heterocycles. The number of hydrogen-bond acceptors (Lipinski definition) is 3. The van der Waals surface area contributed by atoms with Crippen molar-refractivity contribution >= 4 is 5.97 Å². The van der Waals surface area contributed by atoms with Gasteiger partial charge in [-0.25, -0.2) is 4.79 Å². The minimum Gasteiger partial charge on any atom is -0.464 e. The minimum absolute atomic E-state index is 0.144. The van der Waals surface area contributed by atoms with Gasteiger partial charge in [0, 0.05) is 0 Å². The maximum atomic E-state index is 11.4. The smallest absolute Gasteiger partial charge is 0.341 e. The molecule has 0 aromatic carbocycles. The number of ether oxygens (including phenoxy) is 2. The van der Waals surface area contributed by atoms with Gasteiger partial charge in [0.1, 0.15) is 0 Å². The first-order valence-corrected chi connectivity index (χ1v) is 4.64. The lowest BCUT2D eigenvalue weighted by atomic mass is 9.89. The number of epoxide rings is 1. The van der Waals surface area contributed by atoms with E-state index in [2.05, 4.69) is 0 Å². The fourth-order valence-electron chi connectivity index (χ4n) is 1.98. The van der Waals surface area contributed by atoms with Crippen molar-refractivity contribution < 1.29 is 14.3 Å². The zero-order valence-corrected chi connectivity index (χ0v) is 7.34. The summed E-state index contributed by atoms with van der Waals surface area (Å²) in [5, 5.41) is 0. The third-order valence-electron chi connectivity index (χ3n) is 2.70. The first-order chi connectivity index (χ1) is 5.79. The molecule has 3 nitrogen and oxygen atoms in total. The van der Waals surface area contributed by atoms with Crippen molar-refractivity contribution in [1.29, 1.82) is 0 Å². The van der Waals surface area contributed by atoms with Gasteiger partial charge in [-0.1, -0.05) is 6.42 Å². The highest BCUT2D eigenvalue weighted by Crippen LogP contribution is 2.48. The van der Waals surface area contributed by atoms with Crippen molar-refractivity contribution in [2.24, 2.45) is 0 Å². The fourth-order valence-corrected chi connectivity index (χ4v) is 1.98. The second-order valence-electron chi connectivity index (χ2n) is 3.46. The van der Waals surface area contributed by atoms with Crippen LogP contribution >= 0.6 is 0 Å². The summed E-state index contributed by atoms with van der Waals surface area (Å²) in [6, 6.07) is 0. The van der Waals surface area contributed by atoms with Crippen LogP contribution < -0.4 is 0 Å². The molecular weight excluding hydrogens is 156 g/mol. The Morgan fingerprint density at radius 1 is 1.67 bits per heavy atom. The van der Waals surface area contributed by atoms with Crippen LogP contribution in [0.25, 0.3) is 0 Å². The van der Waals surface area contributed by atoms with Crippen LogP contribution in [0.1, 0.15) is 32.6 Å². The molecular formula is C9H14O3.